The van der Waals surface area contributed by atoms with E-state index in [0.717, 1.165) is 23.4 Å². The van der Waals surface area contributed by atoms with E-state index in [1.165, 1.54) is 5.56 Å². The van der Waals surface area contributed by atoms with Crippen molar-refractivity contribution in [3.05, 3.63) is 65.2 Å². The molecule has 2 aromatic rings. The molecule has 0 aliphatic heterocycles. The fraction of sp³-hybridized carbons (Fsp3) is 0.435. The maximum atomic E-state index is 12.4. The Labute approximate surface area is 163 Å². The molecule has 0 aromatic heterocycles. The summed E-state index contributed by atoms with van der Waals surface area (Å²) >= 11 is 0. The number of nitrogens with two attached hydrogens (primary N) is 1. The smallest absolute Gasteiger partial charge is 0.312 e. The van der Waals surface area contributed by atoms with Gasteiger partial charge in [-0.2, -0.15) is 0 Å². The molecule has 0 aliphatic rings. The normalized spacial score (nSPS) is 11.9. The van der Waals surface area contributed by atoms with E-state index < -0.39 is 11.0 Å². The molecule has 0 amide bonds. The van der Waals surface area contributed by atoms with Crippen LogP contribution in [-0.4, -0.2) is 11.6 Å². The molecule has 0 heterocycles. The minimum absolute atomic E-state index is 0.165. The molecule has 2 aromatic carbocycles. The lowest BCUT2D eigenvalue weighted by atomic mass is 9.85. The molecule has 4 nitrogen and oxygen atoms in total. The zero-order chi connectivity index (χ0) is 20.1. The predicted molar refractivity (Wildman–Crippen MR) is 111 cm³/mol. The van der Waals surface area contributed by atoms with Crippen LogP contribution in [0.5, 0.6) is 0 Å². The maximum Gasteiger partial charge on any atom is 0.312 e. The lowest BCUT2D eigenvalue weighted by Gasteiger charge is -2.28. The lowest BCUT2D eigenvalue weighted by molar-refractivity contribution is -0.165. The van der Waals surface area contributed by atoms with Crippen LogP contribution in [0.3, 0.4) is 0 Å². The van der Waals surface area contributed by atoms with Crippen molar-refractivity contribution in [2.45, 2.75) is 59.7 Å². The Balaban J connectivity index is 1.92. The van der Waals surface area contributed by atoms with Crippen LogP contribution in [0.2, 0.25) is 0 Å². The highest BCUT2D eigenvalue weighted by Gasteiger charge is 2.32. The molecule has 0 atom stereocenters. The average molecular weight is 369 g/mol. The zero-order valence-corrected chi connectivity index (χ0v) is 17.1. The Kier molecular flexibility index (Phi) is 6.66. The number of hydrogen-bond donors (Lipinski definition) is 2. The van der Waals surface area contributed by atoms with E-state index in [0.29, 0.717) is 13.0 Å². The topological polar surface area (TPSA) is 64.3 Å². The summed E-state index contributed by atoms with van der Waals surface area (Å²) in [5, 5.41) is 3.41. The molecule has 4 heteroatoms. The van der Waals surface area contributed by atoms with E-state index in [-0.39, 0.29) is 5.97 Å². The van der Waals surface area contributed by atoms with Gasteiger partial charge in [-0.3, -0.25) is 4.79 Å². The minimum Gasteiger partial charge on any atom is -0.460 e. The second kappa shape index (κ2) is 8.57. The first-order chi connectivity index (χ1) is 12.6. The van der Waals surface area contributed by atoms with E-state index in [9.17, 15) is 4.79 Å². The monoisotopic (exact) mass is 368 g/mol. The molecular weight excluding hydrogens is 336 g/mol. The number of hydrogen-bond acceptors (Lipinski definition) is 4. The number of esters is 1. The van der Waals surface area contributed by atoms with Crippen molar-refractivity contribution < 1.29 is 9.53 Å². The molecule has 3 N–H and O–H groups in total. The van der Waals surface area contributed by atoms with Gasteiger partial charge in [0.15, 0.2) is 0 Å². The number of rotatable bonds is 7. The van der Waals surface area contributed by atoms with Gasteiger partial charge in [-0.1, -0.05) is 36.4 Å². The number of benzene rings is 2. The Hall–Kier alpha value is -2.33. The standard InChI is InChI=1S/C23H32N2O2/c1-22(2,3)27-21(26)23(4,5)14-17-6-8-19(9-7-17)16-25-20-12-10-18(15-24)11-13-20/h6-13,25H,14-16,24H2,1-5H3. The molecular formula is C23H32N2O2. The molecule has 0 bridgehead atoms. The van der Waals surface area contributed by atoms with Gasteiger partial charge in [0.05, 0.1) is 5.41 Å². The van der Waals surface area contributed by atoms with Crippen molar-refractivity contribution in [3.63, 3.8) is 0 Å². The largest absolute Gasteiger partial charge is 0.460 e. The predicted octanol–water partition coefficient (Wildman–Crippen LogP) is 4.67. The maximum absolute atomic E-state index is 12.4. The highest BCUT2D eigenvalue weighted by Crippen LogP contribution is 2.26. The first kappa shape index (κ1) is 21.0. The molecule has 146 valence electrons. The van der Waals surface area contributed by atoms with Crippen LogP contribution in [-0.2, 0) is 29.0 Å². The fourth-order valence-corrected chi connectivity index (χ4v) is 2.74. The minimum atomic E-state index is -0.558. The van der Waals surface area contributed by atoms with E-state index in [1.54, 1.807) is 0 Å². The summed E-state index contributed by atoms with van der Waals surface area (Å²) in [6.07, 6.45) is 0.649. The highest BCUT2D eigenvalue weighted by atomic mass is 16.6. The van der Waals surface area contributed by atoms with Gasteiger partial charge < -0.3 is 15.8 Å². The summed E-state index contributed by atoms with van der Waals surface area (Å²) in [7, 11) is 0. The molecule has 0 unspecified atom stereocenters. The first-order valence-electron chi connectivity index (χ1n) is 9.43. The van der Waals surface area contributed by atoms with Gasteiger partial charge in [-0.25, -0.2) is 0 Å². The Morgan fingerprint density at radius 3 is 1.93 bits per heavy atom. The van der Waals surface area contributed by atoms with Crippen molar-refractivity contribution in [1.82, 2.24) is 0 Å². The van der Waals surface area contributed by atoms with Crippen molar-refractivity contribution in [3.8, 4) is 0 Å². The van der Waals surface area contributed by atoms with E-state index in [2.05, 4.69) is 29.6 Å². The average Bonchev–Trinajstić information content (AvgIpc) is 2.60. The van der Waals surface area contributed by atoms with Crippen LogP contribution < -0.4 is 11.1 Å². The molecule has 27 heavy (non-hydrogen) atoms. The van der Waals surface area contributed by atoms with Crippen LogP contribution >= 0.6 is 0 Å². The summed E-state index contributed by atoms with van der Waals surface area (Å²) in [6.45, 7) is 10.9. The molecule has 0 saturated heterocycles. The van der Waals surface area contributed by atoms with Crippen LogP contribution in [0.4, 0.5) is 5.69 Å². The lowest BCUT2D eigenvalue weighted by Crippen LogP contribution is -2.35. The van der Waals surface area contributed by atoms with Gasteiger partial charge in [0.1, 0.15) is 5.60 Å². The van der Waals surface area contributed by atoms with Gasteiger partial charge in [0, 0.05) is 18.8 Å². The molecule has 0 fully saturated rings. The van der Waals surface area contributed by atoms with Gasteiger partial charge in [-0.05, 0) is 69.9 Å². The third-order valence-electron chi connectivity index (χ3n) is 4.31. The number of nitrogens with one attached hydrogen (secondary N) is 1. The van der Waals surface area contributed by atoms with Crippen molar-refractivity contribution in [1.29, 1.82) is 0 Å². The number of carbonyl (C=O) groups excluding carboxylic acids is 1. The van der Waals surface area contributed by atoms with Gasteiger partial charge >= 0.3 is 5.97 Å². The van der Waals surface area contributed by atoms with Gasteiger partial charge in [-0.15, -0.1) is 0 Å². The molecule has 0 radical (unpaired) electrons. The number of carbonyl (C=O) groups is 1. The molecule has 0 saturated carbocycles. The summed E-state index contributed by atoms with van der Waals surface area (Å²) in [5.74, 6) is -0.165. The second-order valence-electron chi connectivity index (χ2n) is 8.63. The third-order valence-corrected chi connectivity index (χ3v) is 4.31. The summed E-state index contributed by atoms with van der Waals surface area (Å²) in [6, 6.07) is 16.5. The van der Waals surface area contributed by atoms with Crippen LogP contribution in [0.25, 0.3) is 0 Å². The Bertz CT molecular complexity index is 741. The Morgan fingerprint density at radius 1 is 0.889 bits per heavy atom. The van der Waals surface area contributed by atoms with E-state index in [4.69, 9.17) is 10.5 Å². The Morgan fingerprint density at radius 2 is 1.41 bits per heavy atom. The fourth-order valence-electron chi connectivity index (χ4n) is 2.74. The van der Waals surface area contributed by atoms with E-state index in [1.807, 2.05) is 58.9 Å². The highest BCUT2D eigenvalue weighted by molar-refractivity contribution is 5.76. The second-order valence-corrected chi connectivity index (χ2v) is 8.63. The van der Waals surface area contributed by atoms with E-state index >= 15 is 0 Å². The SMILES string of the molecule is CC(C)(C)OC(=O)C(C)(C)Cc1ccc(CNc2ccc(CN)cc2)cc1. The third kappa shape index (κ3) is 6.72. The molecule has 0 spiro atoms. The van der Waals surface area contributed by atoms with Crippen LogP contribution in [0.1, 0.15) is 51.3 Å². The number of anilines is 1. The molecule has 2 rings (SSSR count). The van der Waals surface area contributed by atoms with Gasteiger partial charge in [0.2, 0.25) is 0 Å². The summed E-state index contributed by atoms with van der Waals surface area (Å²) in [4.78, 5) is 12.4. The van der Waals surface area contributed by atoms with Crippen LogP contribution in [0.15, 0.2) is 48.5 Å². The van der Waals surface area contributed by atoms with Crippen molar-refractivity contribution >= 4 is 11.7 Å². The van der Waals surface area contributed by atoms with Crippen molar-refractivity contribution in [2.24, 2.45) is 11.1 Å². The quantitative estimate of drug-likeness (QED) is 0.697. The van der Waals surface area contributed by atoms with Crippen LogP contribution in [0, 0.1) is 5.41 Å². The summed E-state index contributed by atoms with van der Waals surface area (Å²) in [5.41, 5.74) is 9.11. The van der Waals surface area contributed by atoms with Gasteiger partial charge in [0.25, 0.3) is 0 Å². The van der Waals surface area contributed by atoms with Crippen molar-refractivity contribution in [2.75, 3.05) is 5.32 Å². The number of ether oxygens (including phenoxy) is 1. The first-order valence-corrected chi connectivity index (χ1v) is 9.43. The molecule has 0 aliphatic carbocycles. The zero-order valence-electron chi connectivity index (χ0n) is 17.1. The summed E-state index contributed by atoms with van der Waals surface area (Å²) < 4.78 is 5.55.